The molecule has 0 aliphatic carbocycles. The second-order valence-corrected chi connectivity index (χ2v) is 6.10. The normalized spacial score (nSPS) is 18.9. The third-order valence-corrected chi connectivity index (χ3v) is 4.37. The quantitative estimate of drug-likeness (QED) is 0.605. The number of rotatable bonds is 8. The molecule has 4 rings (SSSR count). The van der Waals surface area contributed by atoms with E-state index in [0.717, 1.165) is 17.0 Å². The Hall–Kier alpha value is -3.58. The van der Waals surface area contributed by atoms with Crippen LogP contribution in [-0.2, 0) is 15.3 Å². The number of hydrogen-bond acceptors (Lipinski definition) is 7. The lowest BCUT2D eigenvalue weighted by Crippen LogP contribution is -2.50. The van der Waals surface area contributed by atoms with Gasteiger partial charge in [-0.15, -0.1) is 0 Å². The molecule has 1 aromatic heterocycles. The summed E-state index contributed by atoms with van der Waals surface area (Å²) >= 11 is 0. The summed E-state index contributed by atoms with van der Waals surface area (Å²) in [7, 11) is 0. The molecule has 1 aliphatic rings. The van der Waals surface area contributed by atoms with Gasteiger partial charge in [0.2, 0.25) is 0 Å². The van der Waals surface area contributed by atoms with Crippen molar-refractivity contribution < 1.29 is 18.7 Å². The van der Waals surface area contributed by atoms with E-state index in [1.807, 2.05) is 60.7 Å². The van der Waals surface area contributed by atoms with Crippen LogP contribution in [0.15, 0.2) is 83.6 Å². The number of ether oxygens (including phenoxy) is 2. The molecule has 3 aromatic rings. The van der Waals surface area contributed by atoms with E-state index in [2.05, 4.69) is 10.4 Å². The predicted molar refractivity (Wildman–Crippen MR) is 102 cm³/mol. The number of oxazole rings is 1. The van der Waals surface area contributed by atoms with Crippen molar-refractivity contribution in [3.63, 3.8) is 0 Å². The topological polar surface area (TPSA) is 76.8 Å². The van der Waals surface area contributed by atoms with E-state index in [1.165, 1.54) is 12.5 Å². The van der Waals surface area contributed by atoms with Gasteiger partial charge in [0.05, 0.1) is 18.4 Å². The number of para-hydroxylation sites is 1. The standard InChI is InChI=1S/C21H19N3O4/c25-16-28-21(20-22-11-13-27-20)15-19(17-7-3-1-4-8-17)23-24(21)12-14-26-18-9-5-2-6-10-18/h1-11,13,15-16,23H,12,14H2. The summed E-state index contributed by atoms with van der Waals surface area (Å²) in [6, 6.07) is 19.2. The van der Waals surface area contributed by atoms with Gasteiger partial charge in [0.25, 0.3) is 18.1 Å². The summed E-state index contributed by atoms with van der Waals surface area (Å²) in [5, 5.41) is 1.73. The zero-order valence-electron chi connectivity index (χ0n) is 15.0. The molecular weight excluding hydrogens is 358 g/mol. The van der Waals surface area contributed by atoms with E-state index in [1.54, 1.807) is 11.1 Å². The molecule has 1 atom stereocenters. The first-order valence-corrected chi connectivity index (χ1v) is 8.84. The van der Waals surface area contributed by atoms with Crippen molar-refractivity contribution in [1.82, 2.24) is 15.4 Å². The molecule has 28 heavy (non-hydrogen) atoms. The van der Waals surface area contributed by atoms with E-state index in [0.29, 0.717) is 19.6 Å². The Morgan fingerprint density at radius 2 is 1.86 bits per heavy atom. The fraction of sp³-hybridized carbons (Fsp3) is 0.143. The molecule has 2 heterocycles. The summed E-state index contributed by atoms with van der Waals surface area (Å²) in [5.41, 5.74) is 3.70. The third kappa shape index (κ3) is 3.47. The number of benzene rings is 2. The molecule has 0 saturated carbocycles. The Labute approximate surface area is 162 Å². The van der Waals surface area contributed by atoms with E-state index < -0.39 is 5.72 Å². The molecule has 0 spiro atoms. The third-order valence-electron chi connectivity index (χ3n) is 4.37. The van der Waals surface area contributed by atoms with Crippen LogP contribution in [0.2, 0.25) is 0 Å². The fourth-order valence-electron chi connectivity index (χ4n) is 3.09. The maximum absolute atomic E-state index is 11.3. The van der Waals surface area contributed by atoms with Crippen molar-refractivity contribution >= 4 is 12.2 Å². The molecule has 7 heteroatoms. The first kappa shape index (κ1) is 17.8. The minimum atomic E-state index is -1.31. The zero-order chi connectivity index (χ0) is 19.2. The van der Waals surface area contributed by atoms with Gasteiger partial charge in [0, 0.05) is 6.08 Å². The molecule has 0 saturated heterocycles. The van der Waals surface area contributed by atoms with Gasteiger partial charge in [-0.3, -0.25) is 4.79 Å². The Kier molecular flexibility index (Phi) is 5.07. The Morgan fingerprint density at radius 3 is 2.54 bits per heavy atom. The highest BCUT2D eigenvalue weighted by Crippen LogP contribution is 2.37. The maximum atomic E-state index is 11.3. The minimum Gasteiger partial charge on any atom is -0.492 e. The van der Waals surface area contributed by atoms with Crippen LogP contribution in [-0.4, -0.2) is 29.6 Å². The van der Waals surface area contributed by atoms with E-state index in [-0.39, 0.29) is 5.89 Å². The van der Waals surface area contributed by atoms with Crippen molar-refractivity contribution in [2.24, 2.45) is 0 Å². The first-order valence-electron chi connectivity index (χ1n) is 8.84. The monoisotopic (exact) mass is 377 g/mol. The van der Waals surface area contributed by atoms with Gasteiger partial charge in [-0.05, 0) is 17.7 Å². The molecule has 2 aromatic carbocycles. The number of carbonyl (C=O) groups is 1. The van der Waals surface area contributed by atoms with E-state index >= 15 is 0 Å². The molecule has 0 radical (unpaired) electrons. The molecule has 0 bridgehead atoms. The van der Waals surface area contributed by atoms with Crippen LogP contribution in [0.1, 0.15) is 11.5 Å². The van der Waals surface area contributed by atoms with Crippen LogP contribution in [0.25, 0.3) is 5.70 Å². The van der Waals surface area contributed by atoms with Crippen molar-refractivity contribution in [2.45, 2.75) is 5.72 Å². The lowest BCUT2D eigenvalue weighted by Gasteiger charge is -2.32. The van der Waals surface area contributed by atoms with Crippen LogP contribution >= 0.6 is 0 Å². The summed E-state index contributed by atoms with van der Waals surface area (Å²) in [4.78, 5) is 15.6. The van der Waals surface area contributed by atoms with Crippen molar-refractivity contribution in [3.05, 3.63) is 90.7 Å². The Balaban J connectivity index is 1.61. The van der Waals surface area contributed by atoms with Gasteiger partial charge in [0.1, 0.15) is 18.6 Å². The molecule has 1 aliphatic heterocycles. The smallest absolute Gasteiger partial charge is 0.295 e. The predicted octanol–water partition coefficient (Wildman–Crippen LogP) is 2.94. The molecule has 142 valence electrons. The number of hydrazine groups is 1. The first-order chi connectivity index (χ1) is 13.8. The highest BCUT2D eigenvalue weighted by atomic mass is 16.6. The number of aromatic nitrogens is 1. The molecule has 0 fully saturated rings. The van der Waals surface area contributed by atoms with Gasteiger partial charge >= 0.3 is 0 Å². The maximum Gasteiger partial charge on any atom is 0.295 e. The number of carbonyl (C=O) groups excluding carboxylic acids is 1. The second kappa shape index (κ2) is 7.98. The highest BCUT2D eigenvalue weighted by molar-refractivity contribution is 5.67. The summed E-state index contributed by atoms with van der Waals surface area (Å²) in [6.07, 6.45) is 4.74. The number of nitrogens with one attached hydrogen (secondary N) is 1. The van der Waals surface area contributed by atoms with E-state index in [9.17, 15) is 4.79 Å². The van der Waals surface area contributed by atoms with Gasteiger partial charge in [0.15, 0.2) is 0 Å². The number of nitrogens with zero attached hydrogens (tertiary/aromatic N) is 2. The molecule has 7 nitrogen and oxygen atoms in total. The minimum absolute atomic E-state index is 0.248. The van der Waals surface area contributed by atoms with Crippen LogP contribution in [0, 0.1) is 0 Å². The average molecular weight is 377 g/mol. The van der Waals surface area contributed by atoms with Crippen LogP contribution in [0.5, 0.6) is 5.75 Å². The molecule has 1 unspecified atom stereocenters. The fourth-order valence-corrected chi connectivity index (χ4v) is 3.09. The van der Waals surface area contributed by atoms with Crippen LogP contribution < -0.4 is 10.2 Å². The summed E-state index contributed by atoms with van der Waals surface area (Å²) < 4.78 is 16.8. The lowest BCUT2D eigenvalue weighted by molar-refractivity contribution is -0.168. The van der Waals surface area contributed by atoms with Gasteiger partial charge in [-0.2, -0.15) is 5.01 Å². The summed E-state index contributed by atoms with van der Waals surface area (Å²) in [6.45, 7) is 1.15. The molecule has 1 N–H and O–H groups in total. The lowest BCUT2D eigenvalue weighted by atomic mass is 10.1. The molecular formula is C21H19N3O4. The average Bonchev–Trinajstić information content (AvgIpc) is 3.39. The molecule has 0 amide bonds. The van der Waals surface area contributed by atoms with Gasteiger partial charge in [-0.1, -0.05) is 48.5 Å². The largest absolute Gasteiger partial charge is 0.492 e. The zero-order valence-corrected chi connectivity index (χ0v) is 15.0. The highest BCUT2D eigenvalue weighted by Gasteiger charge is 2.48. The van der Waals surface area contributed by atoms with Gasteiger partial charge < -0.3 is 19.3 Å². The van der Waals surface area contributed by atoms with E-state index in [4.69, 9.17) is 13.9 Å². The Bertz CT molecular complexity index is 929. The number of hydrogen-bond donors (Lipinski definition) is 1. The van der Waals surface area contributed by atoms with Crippen LogP contribution in [0.3, 0.4) is 0 Å². The van der Waals surface area contributed by atoms with Crippen molar-refractivity contribution in [3.8, 4) is 5.75 Å². The van der Waals surface area contributed by atoms with Gasteiger partial charge in [-0.25, -0.2) is 4.98 Å². The second-order valence-electron chi connectivity index (χ2n) is 6.10. The SMILES string of the molecule is O=COC1(c2ncco2)C=C(c2ccccc2)NN1CCOc1ccccc1. The van der Waals surface area contributed by atoms with Crippen LogP contribution in [0.4, 0.5) is 0 Å². The Morgan fingerprint density at radius 1 is 1.11 bits per heavy atom. The summed E-state index contributed by atoms with van der Waals surface area (Å²) in [5.74, 6) is 1.01. The van der Waals surface area contributed by atoms with Crippen molar-refractivity contribution in [1.29, 1.82) is 0 Å². The van der Waals surface area contributed by atoms with Crippen molar-refractivity contribution in [2.75, 3.05) is 13.2 Å².